The summed E-state index contributed by atoms with van der Waals surface area (Å²) < 4.78 is 0. The van der Waals surface area contributed by atoms with Gasteiger partial charge in [-0.1, -0.05) is 27.7 Å². The fourth-order valence-electron chi connectivity index (χ4n) is 4.97. The Labute approximate surface area is 138 Å². The van der Waals surface area contributed by atoms with Gasteiger partial charge in [-0.2, -0.15) is 5.11 Å². The molecule has 4 heteroatoms. The van der Waals surface area contributed by atoms with Gasteiger partial charge in [-0.05, 0) is 42.9 Å². The summed E-state index contributed by atoms with van der Waals surface area (Å²) in [6.07, 6.45) is 6.06. The van der Waals surface area contributed by atoms with Gasteiger partial charge in [0, 0.05) is 28.7 Å². The van der Waals surface area contributed by atoms with Gasteiger partial charge >= 0.3 is 0 Å². The van der Waals surface area contributed by atoms with Gasteiger partial charge in [0.2, 0.25) is 0 Å². The zero-order valence-electron chi connectivity index (χ0n) is 14.8. The highest BCUT2D eigenvalue weighted by Gasteiger charge is 2.53. The van der Waals surface area contributed by atoms with E-state index in [9.17, 15) is 4.79 Å². The number of azo groups is 1. The fraction of sp³-hybridized carbons (Fsp3) is 0.737. The fourth-order valence-corrected chi connectivity index (χ4v) is 4.97. The molecule has 0 saturated heterocycles. The number of carbonyl (C=O) groups excluding carboxylic acids is 1. The Kier molecular flexibility index (Phi) is 2.99. The first-order valence-electron chi connectivity index (χ1n) is 8.88. The molecule has 4 aliphatic rings. The molecule has 1 fully saturated rings. The van der Waals surface area contributed by atoms with Crippen molar-refractivity contribution in [3.8, 4) is 0 Å². The van der Waals surface area contributed by atoms with E-state index in [1.54, 1.807) is 0 Å². The summed E-state index contributed by atoms with van der Waals surface area (Å²) in [7, 11) is 0. The highest BCUT2D eigenvalue weighted by Crippen LogP contribution is 2.59. The molecule has 0 aromatic carbocycles. The van der Waals surface area contributed by atoms with E-state index in [2.05, 4.69) is 43.2 Å². The molecule has 0 aromatic rings. The zero-order valence-corrected chi connectivity index (χ0v) is 14.8. The third-order valence-electron chi connectivity index (χ3n) is 6.34. The molecule has 23 heavy (non-hydrogen) atoms. The minimum absolute atomic E-state index is 0.0336. The maximum atomic E-state index is 13.1. The van der Waals surface area contributed by atoms with E-state index in [0.717, 1.165) is 49.2 Å². The number of dihydropyridines is 1. The Morgan fingerprint density at radius 2 is 1.65 bits per heavy atom. The minimum atomic E-state index is -0.0947. The molecule has 0 aromatic heterocycles. The Balaban J connectivity index is 1.82. The molecule has 2 aliphatic heterocycles. The van der Waals surface area contributed by atoms with Gasteiger partial charge in [0.25, 0.3) is 0 Å². The number of Topliss-reactive ketones (excluding diaryl/α,β-unsaturated/α-hetero) is 1. The highest BCUT2D eigenvalue weighted by atomic mass is 16.1. The maximum Gasteiger partial charge on any atom is 0.162 e. The number of rotatable bonds is 0. The summed E-state index contributed by atoms with van der Waals surface area (Å²) in [4.78, 5) is 13.1. The number of hydrogen-bond donors (Lipinski definition) is 1. The largest absolute Gasteiger partial charge is 0.342 e. The van der Waals surface area contributed by atoms with Crippen LogP contribution in [0.4, 0.5) is 0 Å². The van der Waals surface area contributed by atoms with Crippen molar-refractivity contribution >= 4 is 5.78 Å². The van der Waals surface area contributed by atoms with Crippen molar-refractivity contribution in [1.82, 2.24) is 5.32 Å². The van der Waals surface area contributed by atoms with Crippen LogP contribution in [0, 0.1) is 16.2 Å². The summed E-state index contributed by atoms with van der Waals surface area (Å²) in [5, 5.41) is 12.1. The molecule has 2 heterocycles. The predicted octanol–water partition coefficient (Wildman–Crippen LogP) is 4.50. The molecule has 4 rings (SSSR count). The van der Waals surface area contributed by atoms with Crippen molar-refractivity contribution in [1.29, 1.82) is 0 Å². The lowest BCUT2D eigenvalue weighted by Gasteiger charge is -2.50. The number of allylic oxidation sites excluding steroid dienone is 2. The van der Waals surface area contributed by atoms with Gasteiger partial charge < -0.3 is 5.32 Å². The summed E-state index contributed by atoms with van der Waals surface area (Å²) in [6.45, 7) is 9.73. The van der Waals surface area contributed by atoms with Crippen molar-refractivity contribution in [3.05, 3.63) is 22.7 Å². The van der Waals surface area contributed by atoms with Gasteiger partial charge in [0.1, 0.15) is 0 Å². The van der Waals surface area contributed by atoms with Gasteiger partial charge in [0.05, 0.1) is 6.54 Å². The second-order valence-corrected chi connectivity index (χ2v) is 9.39. The second kappa shape index (κ2) is 4.55. The Morgan fingerprint density at radius 1 is 0.957 bits per heavy atom. The SMILES string of the molecule is CC1(C)CCC2(CC1)C1=C(N=NC1)NC1=C2C(=O)CC(C)(C)C1. The molecule has 0 radical (unpaired) electrons. The number of carbonyl (C=O) groups is 1. The van der Waals surface area contributed by atoms with Crippen molar-refractivity contribution in [2.45, 2.75) is 66.2 Å². The average molecular weight is 313 g/mol. The smallest absolute Gasteiger partial charge is 0.162 e. The number of ketones is 1. The molecule has 1 spiro atoms. The van der Waals surface area contributed by atoms with Crippen molar-refractivity contribution in [2.75, 3.05) is 6.54 Å². The zero-order chi connectivity index (χ0) is 16.5. The lowest BCUT2D eigenvalue weighted by Crippen LogP contribution is -2.46. The van der Waals surface area contributed by atoms with Gasteiger partial charge in [-0.3, -0.25) is 4.79 Å². The van der Waals surface area contributed by atoms with Crippen LogP contribution in [-0.2, 0) is 4.79 Å². The third kappa shape index (κ3) is 2.21. The van der Waals surface area contributed by atoms with Crippen LogP contribution in [0.15, 0.2) is 32.9 Å². The van der Waals surface area contributed by atoms with Crippen LogP contribution in [0.1, 0.15) is 66.2 Å². The average Bonchev–Trinajstić information content (AvgIpc) is 2.88. The number of hydrogen-bond acceptors (Lipinski definition) is 4. The Bertz CT molecular complexity index is 669. The third-order valence-corrected chi connectivity index (χ3v) is 6.34. The predicted molar refractivity (Wildman–Crippen MR) is 89.6 cm³/mol. The van der Waals surface area contributed by atoms with E-state index in [1.165, 1.54) is 5.57 Å². The summed E-state index contributed by atoms with van der Waals surface area (Å²) in [5.41, 5.74) is 3.80. The van der Waals surface area contributed by atoms with Crippen LogP contribution in [-0.4, -0.2) is 12.3 Å². The van der Waals surface area contributed by atoms with E-state index in [-0.39, 0.29) is 10.8 Å². The molecule has 0 unspecified atom stereocenters. The van der Waals surface area contributed by atoms with E-state index in [0.29, 0.717) is 24.2 Å². The molecule has 124 valence electrons. The second-order valence-electron chi connectivity index (χ2n) is 9.39. The van der Waals surface area contributed by atoms with Gasteiger partial charge in [-0.25, -0.2) is 0 Å². The lowest BCUT2D eigenvalue weighted by atomic mass is 9.55. The van der Waals surface area contributed by atoms with Crippen molar-refractivity contribution < 1.29 is 4.79 Å². The highest BCUT2D eigenvalue weighted by molar-refractivity contribution is 6.00. The molecule has 2 aliphatic carbocycles. The quantitative estimate of drug-likeness (QED) is 0.716. The normalized spacial score (nSPS) is 30.3. The first-order chi connectivity index (χ1) is 10.7. The summed E-state index contributed by atoms with van der Waals surface area (Å²) in [6, 6.07) is 0. The van der Waals surface area contributed by atoms with Gasteiger partial charge in [0.15, 0.2) is 11.6 Å². The van der Waals surface area contributed by atoms with Crippen LogP contribution in [0.2, 0.25) is 0 Å². The van der Waals surface area contributed by atoms with Gasteiger partial charge in [-0.15, -0.1) is 5.11 Å². The first kappa shape index (κ1) is 15.1. The van der Waals surface area contributed by atoms with Crippen molar-refractivity contribution in [2.24, 2.45) is 26.5 Å². The summed E-state index contributed by atoms with van der Waals surface area (Å²) >= 11 is 0. The van der Waals surface area contributed by atoms with Crippen LogP contribution in [0.3, 0.4) is 0 Å². The van der Waals surface area contributed by atoms with E-state index >= 15 is 0 Å². The van der Waals surface area contributed by atoms with Crippen LogP contribution in [0.25, 0.3) is 0 Å². The molecule has 0 bridgehead atoms. The molecule has 1 N–H and O–H groups in total. The number of nitrogens with zero attached hydrogens (tertiary/aromatic N) is 2. The minimum Gasteiger partial charge on any atom is -0.342 e. The molecule has 1 saturated carbocycles. The van der Waals surface area contributed by atoms with Crippen LogP contribution in [0.5, 0.6) is 0 Å². The standard InChI is InChI=1S/C19H27N3O/c1-17(2)5-7-19(8-6-17)12-11-20-22-16(12)21-13-9-18(3,4)10-14(23)15(13)19/h21H,5-11H2,1-4H3. The lowest BCUT2D eigenvalue weighted by molar-refractivity contribution is -0.119. The van der Waals surface area contributed by atoms with E-state index in [1.807, 2.05) is 0 Å². The van der Waals surface area contributed by atoms with E-state index in [4.69, 9.17) is 0 Å². The van der Waals surface area contributed by atoms with E-state index < -0.39 is 0 Å². The summed E-state index contributed by atoms with van der Waals surface area (Å²) in [5.74, 6) is 1.29. The monoisotopic (exact) mass is 313 g/mol. The molecule has 0 amide bonds. The van der Waals surface area contributed by atoms with Crippen LogP contribution < -0.4 is 5.32 Å². The molecular formula is C19H27N3O. The van der Waals surface area contributed by atoms with Crippen molar-refractivity contribution in [3.63, 3.8) is 0 Å². The topological polar surface area (TPSA) is 53.8 Å². The molecular weight excluding hydrogens is 286 g/mol. The number of fused-ring (bicyclic) bond motifs is 2. The number of nitrogens with one attached hydrogen (secondary N) is 1. The van der Waals surface area contributed by atoms with Crippen LogP contribution >= 0.6 is 0 Å². The maximum absolute atomic E-state index is 13.1. The molecule has 0 atom stereocenters. The Hall–Kier alpha value is -1.45. The Morgan fingerprint density at radius 3 is 2.35 bits per heavy atom. The molecule has 4 nitrogen and oxygen atoms in total. The first-order valence-corrected chi connectivity index (χ1v) is 8.88.